The Morgan fingerprint density at radius 3 is 2.82 bits per heavy atom. The highest BCUT2D eigenvalue weighted by Crippen LogP contribution is 2.20. The van der Waals surface area contributed by atoms with E-state index in [2.05, 4.69) is 16.4 Å². The predicted molar refractivity (Wildman–Crippen MR) is 89.0 cm³/mol. The third-order valence-corrected chi connectivity index (χ3v) is 4.54. The van der Waals surface area contributed by atoms with E-state index in [0.29, 0.717) is 5.56 Å². The van der Waals surface area contributed by atoms with Crippen LogP contribution in [0.4, 0.5) is 5.69 Å². The second-order valence-electron chi connectivity index (χ2n) is 6.25. The Bertz CT molecular complexity index is 547. The van der Waals surface area contributed by atoms with Crippen molar-refractivity contribution in [1.29, 1.82) is 0 Å². The highest BCUT2D eigenvalue weighted by atomic mass is 16.2. The van der Waals surface area contributed by atoms with Crippen molar-refractivity contribution in [3.8, 4) is 0 Å². The number of hydrogen-bond acceptors (Lipinski definition) is 3. The first-order valence-electron chi connectivity index (χ1n) is 8.49. The van der Waals surface area contributed by atoms with Gasteiger partial charge in [-0.25, -0.2) is 0 Å². The van der Waals surface area contributed by atoms with E-state index >= 15 is 0 Å². The van der Waals surface area contributed by atoms with Crippen molar-refractivity contribution in [1.82, 2.24) is 9.88 Å². The van der Waals surface area contributed by atoms with Crippen LogP contribution in [0.2, 0.25) is 0 Å². The second-order valence-corrected chi connectivity index (χ2v) is 6.25. The molecule has 4 heteroatoms. The summed E-state index contributed by atoms with van der Waals surface area (Å²) in [6.07, 6.45) is 14.3. The van der Waals surface area contributed by atoms with Crippen LogP contribution in [-0.4, -0.2) is 35.4 Å². The molecular weight excluding hydrogens is 274 g/mol. The maximum Gasteiger partial charge on any atom is 0.255 e. The fourth-order valence-corrected chi connectivity index (χ4v) is 3.26. The standard InChI is InChI=1S/C18H25N3O/c22-18(21-10-4-5-11-21)16-12-17(14-19-13-16)20-9-8-15-6-2-1-3-7-15/h6,12-14,20H,1-5,7-11H2. The van der Waals surface area contributed by atoms with Crippen LogP contribution in [0.3, 0.4) is 0 Å². The number of nitrogens with zero attached hydrogens (tertiary/aromatic N) is 2. The van der Waals surface area contributed by atoms with Crippen molar-refractivity contribution in [2.45, 2.75) is 44.9 Å². The number of pyridine rings is 1. The number of amides is 1. The Balaban J connectivity index is 1.54. The Labute approximate surface area is 132 Å². The molecule has 0 aromatic carbocycles. The van der Waals surface area contributed by atoms with Crippen LogP contribution in [-0.2, 0) is 0 Å². The van der Waals surface area contributed by atoms with Gasteiger partial charge in [-0.05, 0) is 51.0 Å². The van der Waals surface area contributed by atoms with E-state index in [1.165, 1.54) is 25.7 Å². The molecule has 4 nitrogen and oxygen atoms in total. The van der Waals surface area contributed by atoms with Crippen molar-refractivity contribution in [2.24, 2.45) is 0 Å². The van der Waals surface area contributed by atoms with Gasteiger partial charge in [0.1, 0.15) is 0 Å². The summed E-state index contributed by atoms with van der Waals surface area (Å²) in [5.41, 5.74) is 3.21. The molecule has 0 atom stereocenters. The van der Waals surface area contributed by atoms with Crippen LogP contribution in [0, 0.1) is 0 Å². The van der Waals surface area contributed by atoms with E-state index in [0.717, 1.165) is 44.6 Å². The van der Waals surface area contributed by atoms with E-state index in [4.69, 9.17) is 0 Å². The first-order valence-corrected chi connectivity index (χ1v) is 8.49. The third-order valence-electron chi connectivity index (χ3n) is 4.54. The Kier molecular flexibility index (Phi) is 5.09. The van der Waals surface area contributed by atoms with E-state index in [9.17, 15) is 4.79 Å². The van der Waals surface area contributed by atoms with Crippen molar-refractivity contribution < 1.29 is 4.79 Å². The zero-order chi connectivity index (χ0) is 15.2. The third kappa shape index (κ3) is 3.87. The summed E-state index contributed by atoms with van der Waals surface area (Å²) < 4.78 is 0. The maximum absolute atomic E-state index is 12.4. The molecule has 2 heterocycles. The molecule has 0 radical (unpaired) electrons. The molecule has 0 spiro atoms. The molecule has 22 heavy (non-hydrogen) atoms. The van der Waals surface area contributed by atoms with Crippen LogP contribution < -0.4 is 5.32 Å². The summed E-state index contributed by atoms with van der Waals surface area (Å²) in [4.78, 5) is 18.5. The summed E-state index contributed by atoms with van der Waals surface area (Å²) in [6.45, 7) is 2.67. The van der Waals surface area contributed by atoms with Gasteiger partial charge < -0.3 is 10.2 Å². The predicted octanol–water partition coefficient (Wildman–Crippen LogP) is 3.62. The van der Waals surface area contributed by atoms with Crippen molar-refractivity contribution >= 4 is 11.6 Å². The molecule has 1 fully saturated rings. The number of carbonyl (C=O) groups is 1. The first kappa shape index (κ1) is 15.1. The Morgan fingerprint density at radius 2 is 2.05 bits per heavy atom. The summed E-state index contributed by atoms with van der Waals surface area (Å²) in [5.74, 6) is 0.114. The van der Waals surface area contributed by atoms with Gasteiger partial charge in [0.05, 0.1) is 11.3 Å². The van der Waals surface area contributed by atoms with Gasteiger partial charge in [-0.15, -0.1) is 0 Å². The van der Waals surface area contributed by atoms with E-state index in [-0.39, 0.29) is 5.91 Å². The molecule has 2 aliphatic rings. The van der Waals surface area contributed by atoms with Gasteiger partial charge in [0.2, 0.25) is 0 Å². The number of aromatic nitrogens is 1. The molecule has 1 amide bonds. The molecule has 1 aromatic heterocycles. The summed E-state index contributed by atoms with van der Waals surface area (Å²) in [5, 5.41) is 3.40. The Morgan fingerprint density at radius 1 is 1.18 bits per heavy atom. The normalized spacial score (nSPS) is 18.2. The molecule has 0 saturated carbocycles. The van der Waals surface area contributed by atoms with Gasteiger partial charge in [0, 0.05) is 32.0 Å². The smallest absolute Gasteiger partial charge is 0.255 e. The van der Waals surface area contributed by atoms with Crippen LogP contribution in [0.15, 0.2) is 30.1 Å². The number of carbonyl (C=O) groups excluding carboxylic acids is 1. The Hall–Kier alpha value is -1.84. The number of likely N-dealkylation sites (tertiary alicyclic amines) is 1. The number of allylic oxidation sites excluding steroid dienone is 1. The topological polar surface area (TPSA) is 45.2 Å². The molecule has 1 aliphatic carbocycles. The summed E-state index contributed by atoms with van der Waals surface area (Å²) in [7, 11) is 0. The lowest BCUT2D eigenvalue weighted by Gasteiger charge is -2.16. The molecule has 118 valence electrons. The number of rotatable bonds is 5. The molecule has 1 aromatic rings. The summed E-state index contributed by atoms with van der Waals surface area (Å²) in [6, 6.07) is 1.93. The van der Waals surface area contributed by atoms with Crippen LogP contribution >= 0.6 is 0 Å². The monoisotopic (exact) mass is 299 g/mol. The number of hydrogen-bond donors (Lipinski definition) is 1. The molecule has 0 bridgehead atoms. The number of anilines is 1. The largest absolute Gasteiger partial charge is 0.383 e. The average Bonchev–Trinajstić information content (AvgIpc) is 3.10. The lowest BCUT2D eigenvalue weighted by Crippen LogP contribution is -2.27. The molecule has 1 N–H and O–H groups in total. The lowest BCUT2D eigenvalue weighted by atomic mass is 9.97. The zero-order valence-electron chi connectivity index (χ0n) is 13.2. The molecule has 1 aliphatic heterocycles. The zero-order valence-corrected chi connectivity index (χ0v) is 13.2. The first-order chi connectivity index (χ1) is 10.8. The van der Waals surface area contributed by atoms with Gasteiger partial charge in [-0.3, -0.25) is 9.78 Å². The van der Waals surface area contributed by atoms with Gasteiger partial charge in [0.25, 0.3) is 5.91 Å². The summed E-state index contributed by atoms with van der Waals surface area (Å²) >= 11 is 0. The second kappa shape index (κ2) is 7.43. The van der Waals surface area contributed by atoms with Crippen LogP contribution in [0.5, 0.6) is 0 Å². The van der Waals surface area contributed by atoms with Gasteiger partial charge in [0.15, 0.2) is 0 Å². The average molecular weight is 299 g/mol. The van der Waals surface area contributed by atoms with E-state index in [1.807, 2.05) is 11.0 Å². The van der Waals surface area contributed by atoms with Crippen molar-refractivity contribution in [3.05, 3.63) is 35.7 Å². The molecule has 3 rings (SSSR count). The molecular formula is C18H25N3O. The van der Waals surface area contributed by atoms with Crippen molar-refractivity contribution in [2.75, 3.05) is 25.0 Å². The minimum Gasteiger partial charge on any atom is -0.383 e. The van der Waals surface area contributed by atoms with Crippen molar-refractivity contribution in [3.63, 3.8) is 0 Å². The SMILES string of the molecule is O=C(c1cncc(NCCC2=CCCCC2)c1)N1CCCC1. The maximum atomic E-state index is 12.4. The quantitative estimate of drug-likeness (QED) is 0.845. The van der Waals surface area contributed by atoms with Gasteiger partial charge in [-0.1, -0.05) is 11.6 Å². The van der Waals surface area contributed by atoms with E-state index < -0.39 is 0 Å². The molecule has 1 saturated heterocycles. The van der Waals surface area contributed by atoms with Crippen LogP contribution in [0.25, 0.3) is 0 Å². The fourth-order valence-electron chi connectivity index (χ4n) is 3.26. The minimum atomic E-state index is 0.114. The lowest BCUT2D eigenvalue weighted by molar-refractivity contribution is 0.0792. The van der Waals surface area contributed by atoms with E-state index in [1.54, 1.807) is 18.0 Å². The molecule has 0 unspecified atom stereocenters. The number of nitrogens with one attached hydrogen (secondary N) is 1. The highest BCUT2D eigenvalue weighted by Gasteiger charge is 2.19. The van der Waals surface area contributed by atoms with Gasteiger partial charge in [-0.2, -0.15) is 0 Å². The fraction of sp³-hybridized carbons (Fsp3) is 0.556. The minimum absolute atomic E-state index is 0.114. The van der Waals surface area contributed by atoms with Crippen LogP contribution in [0.1, 0.15) is 55.3 Å². The van der Waals surface area contributed by atoms with Gasteiger partial charge >= 0.3 is 0 Å². The highest BCUT2D eigenvalue weighted by molar-refractivity contribution is 5.94.